The number of rotatable bonds is 5. The Hall–Kier alpha value is -1.48. The number of hydrogen-bond donors (Lipinski definition) is 0. The first-order valence-corrected chi connectivity index (χ1v) is 9.04. The summed E-state index contributed by atoms with van der Waals surface area (Å²) in [5, 5.41) is 0. The van der Waals surface area contributed by atoms with Crippen LogP contribution in [0, 0.1) is 17.8 Å². The Kier molecular flexibility index (Phi) is 5.15. The van der Waals surface area contributed by atoms with Gasteiger partial charge >= 0.3 is 7.12 Å². The molecular formula is C20H27BO4. The van der Waals surface area contributed by atoms with Crippen LogP contribution in [0.1, 0.15) is 53.0 Å². The molecule has 1 aliphatic carbocycles. The van der Waals surface area contributed by atoms with E-state index in [1.807, 2.05) is 52.8 Å². The monoisotopic (exact) mass is 342 g/mol. The van der Waals surface area contributed by atoms with E-state index in [1.54, 1.807) is 0 Å². The molecule has 0 bridgehead atoms. The molecule has 0 spiro atoms. The molecule has 0 unspecified atom stereocenters. The normalized spacial score (nSPS) is 20.9. The average molecular weight is 342 g/mol. The van der Waals surface area contributed by atoms with Crippen LogP contribution in [-0.4, -0.2) is 31.7 Å². The fourth-order valence-electron chi connectivity index (χ4n) is 2.50. The molecule has 1 saturated heterocycles. The van der Waals surface area contributed by atoms with E-state index in [2.05, 4.69) is 11.8 Å². The molecule has 4 nitrogen and oxygen atoms in total. The highest BCUT2D eigenvalue weighted by molar-refractivity contribution is 6.63. The summed E-state index contributed by atoms with van der Waals surface area (Å²) < 4.78 is 23.5. The Morgan fingerprint density at radius 2 is 1.84 bits per heavy atom. The van der Waals surface area contributed by atoms with E-state index in [4.69, 9.17) is 18.8 Å². The van der Waals surface area contributed by atoms with Crippen LogP contribution >= 0.6 is 0 Å². The van der Waals surface area contributed by atoms with Gasteiger partial charge in [-0.2, -0.15) is 0 Å². The van der Waals surface area contributed by atoms with Crippen molar-refractivity contribution in [3.63, 3.8) is 0 Å². The largest absolute Gasteiger partial charge is 0.498 e. The van der Waals surface area contributed by atoms with Crippen molar-refractivity contribution >= 4 is 12.6 Å². The zero-order valence-corrected chi connectivity index (χ0v) is 15.8. The average Bonchev–Trinajstić information content (AvgIpc) is 3.33. The van der Waals surface area contributed by atoms with E-state index < -0.39 is 7.12 Å². The van der Waals surface area contributed by atoms with Crippen molar-refractivity contribution in [1.29, 1.82) is 0 Å². The van der Waals surface area contributed by atoms with Gasteiger partial charge < -0.3 is 18.8 Å². The van der Waals surface area contributed by atoms with Crippen LogP contribution in [0.5, 0.6) is 5.75 Å². The summed E-state index contributed by atoms with van der Waals surface area (Å²) >= 11 is 0. The highest BCUT2D eigenvalue weighted by Crippen LogP contribution is 2.37. The summed E-state index contributed by atoms with van der Waals surface area (Å²) in [5.41, 5.74) is 1.03. The number of ether oxygens (including phenoxy) is 2. The molecule has 1 aromatic rings. The van der Waals surface area contributed by atoms with Gasteiger partial charge in [0.05, 0.1) is 11.2 Å². The molecule has 25 heavy (non-hydrogen) atoms. The summed E-state index contributed by atoms with van der Waals surface area (Å²) in [6.45, 7) is 10.9. The molecule has 134 valence electrons. The van der Waals surface area contributed by atoms with Crippen molar-refractivity contribution in [2.45, 2.75) is 58.7 Å². The lowest BCUT2D eigenvalue weighted by molar-refractivity contribution is 0.00578. The standard InChI is InChI=1S/C20H27BO4/c1-6-22-14-23-18-13-16(10-9-15-7-8-15)11-12-17(18)21-24-19(2,3)20(4,5)25-21/h11-13,15H,6-8,14H2,1-5H3. The molecule has 3 rings (SSSR count). The van der Waals surface area contributed by atoms with Crippen molar-refractivity contribution in [3.8, 4) is 17.6 Å². The zero-order valence-electron chi connectivity index (χ0n) is 15.8. The Labute approximate surface area is 151 Å². The highest BCUT2D eigenvalue weighted by Gasteiger charge is 2.52. The van der Waals surface area contributed by atoms with Crippen LogP contribution in [0.4, 0.5) is 0 Å². The van der Waals surface area contributed by atoms with Crippen LogP contribution in [0.3, 0.4) is 0 Å². The quantitative estimate of drug-likeness (QED) is 0.357. The smallest absolute Gasteiger partial charge is 0.468 e. The SMILES string of the molecule is CCOCOc1cc(C#CC2CC2)ccc1B1OC(C)(C)C(C)(C)O1. The van der Waals surface area contributed by atoms with Crippen LogP contribution < -0.4 is 10.2 Å². The van der Waals surface area contributed by atoms with Gasteiger partial charge in [-0.15, -0.1) is 0 Å². The second-order valence-corrected chi connectivity index (χ2v) is 7.64. The summed E-state index contributed by atoms with van der Waals surface area (Å²) in [7, 11) is -0.466. The second-order valence-electron chi connectivity index (χ2n) is 7.64. The van der Waals surface area contributed by atoms with E-state index in [0.717, 1.165) is 11.0 Å². The molecule has 0 amide bonds. The Bertz CT molecular complexity index is 667. The van der Waals surface area contributed by atoms with Gasteiger partial charge in [0.2, 0.25) is 0 Å². The summed E-state index contributed by atoms with van der Waals surface area (Å²) in [4.78, 5) is 0. The number of hydrogen-bond acceptors (Lipinski definition) is 4. The zero-order chi connectivity index (χ0) is 18.1. The maximum absolute atomic E-state index is 6.17. The van der Waals surface area contributed by atoms with Gasteiger partial charge in [-0.1, -0.05) is 17.9 Å². The maximum atomic E-state index is 6.17. The van der Waals surface area contributed by atoms with Crippen LogP contribution in [-0.2, 0) is 14.0 Å². The van der Waals surface area contributed by atoms with E-state index >= 15 is 0 Å². The summed E-state index contributed by atoms with van der Waals surface area (Å²) in [5.74, 6) is 7.79. The third kappa shape index (κ3) is 4.20. The molecule has 0 aromatic heterocycles. The first kappa shape index (κ1) is 18.3. The lowest BCUT2D eigenvalue weighted by Gasteiger charge is -2.32. The van der Waals surface area contributed by atoms with Crippen LogP contribution in [0.25, 0.3) is 0 Å². The molecule has 0 atom stereocenters. The van der Waals surface area contributed by atoms with E-state index in [0.29, 0.717) is 18.3 Å². The van der Waals surface area contributed by atoms with E-state index in [9.17, 15) is 0 Å². The minimum atomic E-state index is -0.466. The first-order chi connectivity index (χ1) is 11.8. The van der Waals surface area contributed by atoms with E-state index in [1.165, 1.54) is 12.8 Å². The molecule has 1 aromatic carbocycles. The lowest BCUT2D eigenvalue weighted by atomic mass is 9.78. The minimum absolute atomic E-state index is 0.197. The predicted octanol–water partition coefficient (Wildman–Crippen LogP) is 3.12. The van der Waals surface area contributed by atoms with Gasteiger partial charge in [-0.3, -0.25) is 0 Å². The molecular weight excluding hydrogens is 315 g/mol. The fourth-order valence-corrected chi connectivity index (χ4v) is 2.50. The highest BCUT2D eigenvalue weighted by atomic mass is 16.7. The van der Waals surface area contributed by atoms with Gasteiger partial charge in [0.15, 0.2) is 6.79 Å². The van der Waals surface area contributed by atoms with Crippen molar-refractivity contribution in [1.82, 2.24) is 0 Å². The molecule has 0 radical (unpaired) electrons. The van der Waals surface area contributed by atoms with Crippen LogP contribution in [0.2, 0.25) is 0 Å². The lowest BCUT2D eigenvalue weighted by Crippen LogP contribution is -2.41. The topological polar surface area (TPSA) is 36.9 Å². The maximum Gasteiger partial charge on any atom is 0.498 e. The number of benzene rings is 1. The van der Waals surface area contributed by atoms with Gasteiger partial charge in [-0.05, 0) is 59.6 Å². The van der Waals surface area contributed by atoms with Gasteiger partial charge in [0, 0.05) is 23.6 Å². The van der Waals surface area contributed by atoms with Crippen molar-refractivity contribution in [2.24, 2.45) is 5.92 Å². The minimum Gasteiger partial charge on any atom is -0.468 e. The second kappa shape index (κ2) is 7.03. The Morgan fingerprint density at radius 3 is 2.44 bits per heavy atom. The third-order valence-corrected chi connectivity index (χ3v) is 5.02. The predicted molar refractivity (Wildman–Crippen MR) is 98.9 cm³/mol. The fraction of sp³-hybridized carbons (Fsp3) is 0.600. The Balaban J connectivity index is 1.85. The van der Waals surface area contributed by atoms with E-state index in [-0.39, 0.29) is 18.0 Å². The molecule has 1 saturated carbocycles. The molecule has 1 heterocycles. The van der Waals surface area contributed by atoms with Gasteiger partial charge in [0.25, 0.3) is 0 Å². The van der Waals surface area contributed by atoms with Crippen LogP contribution in [0.15, 0.2) is 18.2 Å². The summed E-state index contributed by atoms with van der Waals surface area (Å²) in [6, 6.07) is 5.94. The van der Waals surface area contributed by atoms with Crippen molar-refractivity contribution in [2.75, 3.05) is 13.4 Å². The first-order valence-electron chi connectivity index (χ1n) is 9.04. The molecule has 5 heteroatoms. The van der Waals surface area contributed by atoms with Gasteiger partial charge in [-0.25, -0.2) is 0 Å². The Morgan fingerprint density at radius 1 is 1.16 bits per heavy atom. The van der Waals surface area contributed by atoms with Crippen molar-refractivity contribution in [3.05, 3.63) is 23.8 Å². The molecule has 0 N–H and O–H groups in total. The summed E-state index contributed by atoms with van der Waals surface area (Å²) in [6.07, 6.45) is 2.43. The molecule has 1 aliphatic heterocycles. The molecule has 2 fully saturated rings. The van der Waals surface area contributed by atoms with Gasteiger partial charge in [0.1, 0.15) is 5.75 Å². The molecule has 2 aliphatic rings. The van der Waals surface area contributed by atoms with Crippen molar-refractivity contribution < 1.29 is 18.8 Å². The third-order valence-electron chi connectivity index (χ3n) is 5.02.